The topological polar surface area (TPSA) is 67.9 Å². The number of hydrogen-bond acceptors (Lipinski definition) is 4. The Morgan fingerprint density at radius 2 is 2.13 bits per heavy atom. The molecule has 0 aliphatic heterocycles. The third-order valence-electron chi connectivity index (χ3n) is 3.17. The third kappa shape index (κ3) is 3.76. The third-order valence-corrected chi connectivity index (χ3v) is 3.57. The Hall–Kier alpha value is -2.65. The number of benzene rings is 1. The van der Waals surface area contributed by atoms with Crippen molar-refractivity contribution in [2.45, 2.75) is 13.5 Å². The maximum Gasteiger partial charge on any atom is 0.348 e. The zero-order chi connectivity index (χ0) is 17.0. The molecular weight excluding hydrogens is 321 g/mol. The molecule has 0 amide bonds. The van der Waals surface area contributed by atoms with E-state index in [9.17, 15) is 9.18 Å². The smallest absolute Gasteiger partial charge is 0.348 e. The van der Waals surface area contributed by atoms with Gasteiger partial charge in [-0.25, -0.2) is 13.9 Å². The van der Waals surface area contributed by atoms with Crippen LogP contribution < -0.4 is 0 Å². The quantitative estimate of drug-likeness (QED) is 0.490. The minimum Gasteiger partial charge on any atom is -0.465 e. The van der Waals surface area contributed by atoms with Crippen LogP contribution in [0.3, 0.4) is 0 Å². The first-order chi connectivity index (χ1) is 11.0. The van der Waals surface area contributed by atoms with Gasteiger partial charge >= 0.3 is 5.97 Å². The predicted octanol–water partition coefficient (Wildman–Crippen LogP) is 3.11. The van der Waals surface area contributed by atoms with Gasteiger partial charge in [0.15, 0.2) is 0 Å². The molecular formula is C16H13ClFN3O2. The van der Waals surface area contributed by atoms with Crippen LogP contribution in [0.5, 0.6) is 0 Å². The second kappa shape index (κ2) is 7.07. The fraction of sp³-hybridized carbons (Fsp3) is 0.188. The van der Waals surface area contributed by atoms with Gasteiger partial charge in [0, 0.05) is 5.56 Å². The van der Waals surface area contributed by atoms with Crippen LogP contribution in [0.15, 0.2) is 29.8 Å². The Balaban J connectivity index is 2.36. The van der Waals surface area contributed by atoms with E-state index in [1.807, 2.05) is 0 Å². The number of carbonyl (C=O) groups is 1. The van der Waals surface area contributed by atoms with Gasteiger partial charge in [0.25, 0.3) is 0 Å². The molecule has 2 aromatic rings. The van der Waals surface area contributed by atoms with Crippen LogP contribution in [0.25, 0.3) is 6.08 Å². The molecule has 0 radical (unpaired) electrons. The number of aryl methyl sites for hydroxylation is 1. The lowest BCUT2D eigenvalue weighted by Crippen LogP contribution is -2.03. The van der Waals surface area contributed by atoms with Crippen LogP contribution in [0.1, 0.15) is 16.8 Å². The van der Waals surface area contributed by atoms with E-state index >= 15 is 0 Å². The van der Waals surface area contributed by atoms with Crippen molar-refractivity contribution in [3.63, 3.8) is 0 Å². The highest BCUT2D eigenvalue weighted by atomic mass is 35.5. The molecule has 0 unspecified atom stereocenters. The summed E-state index contributed by atoms with van der Waals surface area (Å²) in [5.74, 6) is -1.06. The molecule has 1 aromatic carbocycles. The highest BCUT2D eigenvalue weighted by molar-refractivity contribution is 6.31. The Morgan fingerprint density at radius 3 is 2.70 bits per heavy atom. The molecule has 1 heterocycles. The molecule has 0 aliphatic carbocycles. The molecule has 0 fully saturated rings. The summed E-state index contributed by atoms with van der Waals surface area (Å²) in [6.07, 6.45) is 1.34. The van der Waals surface area contributed by atoms with Crippen molar-refractivity contribution in [1.82, 2.24) is 9.78 Å². The van der Waals surface area contributed by atoms with E-state index in [1.54, 1.807) is 25.1 Å². The van der Waals surface area contributed by atoms with E-state index in [1.165, 1.54) is 30.0 Å². The average Bonchev–Trinajstić information content (AvgIpc) is 2.80. The maximum atomic E-state index is 12.9. The summed E-state index contributed by atoms with van der Waals surface area (Å²) < 4.78 is 19.0. The van der Waals surface area contributed by atoms with Crippen molar-refractivity contribution >= 4 is 23.6 Å². The Bertz CT molecular complexity index is 804. The first-order valence-electron chi connectivity index (χ1n) is 6.63. The number of esters is 1. The van der Waals surface area contributed by atoms with Gasteiger partial charge in [0.05, 0.1) is 19.3 Å². The zero-order valence-electron chi connectivity index (χ0n) is 12.5. The minimum atomic E-state index is -0.741. The van der Waals surface area contributed by atoms with Crippen LogP contribution >= 0.6 is 11.6 Å². The molecule has 0 saturated heterocycles. The first kappa shape index (κ1) is 16.7. The molecule has 2 rings (SSSR count). The number of aromatic nitrogens is 2. The van der Waals surface area contributed by atoms with E-state index in [2.05, 4.69) is 9.84 Å². The number of rotatable bonds is 4. The van der Waals surface area contributed by atoms with Crippen LogP contribution in [0.4, 0.5) is 4.39 Å². The Kier molecular flexibility index (Phi) is 5.14. The number of halogens is 2. The number of hydrogen-bond donors (Lipinski definition) is 0. The van der Waals surface area contributed by atoms with Crippen LogP contribution in [0.2, 0.25) is 5.15 Å². The fourth-order valence-corrected chi connectivity index (χ4v) is 2.28. The van der Waals surface area contributed by atoms with Crippen molar-refractivity contribution in [2.24, 2.45) is 0 Å². The van der Waals surface area contributed by atoms with Crippen molar-refractivity contribution in [3.8, 4) is 6.07 Å². The normalized spacial score (nSPS) is 11.2. The summed E-state index contributed by atoms with van der Waals surface area (Å²) in [6, 6.07) is 7.74. The summed E-state index contributed by atoms with van der Waals surface area (Å²) in [7, 11) is 1.19. The number of carbonyl (C=O) groups excluding carboxylic acids is 1. The summed E-state index contributed by atoms with van der Waals surface area (Å²) >= 11 is 6.28. The number of ether oxygens (including phenoxy) is 1. The standard InChI is InChI=1S/C16H13ClFN3O2/c1-10-14(7-12(8-19)16(22)23-2)15(17)21(20-10)9-11-3-5-13(18)6-4-11/h3-7H,9H2,1-2H3/b12-7+. The summed E-state index contributed by atoms with van der Waals surface area (Å²) in [4.78, 5) is 11.5. The van der Waals surface area contributed by atoms with Gasteiger partial charge in [-0.3, -0.25) is 0 Å². The van der Waals surface area contributed by atoms with E-state index in [-0.39, 0.29) is 16.5 Å². The van der Waals surface area contributed by atoms with Crippen molar-refractivity contribution in [3.05, 3.63) is 57.6 Å². The van der Waals surface area contributed by atoms with Gasteiger partial charge in [-0.15, -0.1) is 0 Å². The SMILES string of the molecule is COC(=O)/C(C#N)=C/c1c(C)nn(Cc2ccc(F)cc2)c1Cl. The summed E-state index contributed by atoms with van der Waals surface area (Å²) in [5.41, 5.74) is 1.68. The molecule has 0 atom stereocenters. The fourth-order valence-electron chi connectivity index (χ4n) is 1.99. The van der Waals surface area contributed by atoms with E-state index in [4.69, 9.17) is 16.9 Å². The monoisotopic (exact) mass is 333 g/mol. The van der Waals surface area contributed by atoms with Gasteiger partial charge in [-0.2, -0.15) is 10.4 Å². The lowest BCUT2D eigenvalue weighted by molar-refractivity contribution is -0.135. The van der Waals surface area contributed by atoms with E-state index < -0.39 is 5.97 Å². The maximum absolute atomic E-state index is 12.9. The average molecular weight is 334 g/mol. The molecule has 0 N–H and O–H groups in total. The highest BCUT2D eigenvalue weighted by Gasteiger charge is 2.16. The molecule has 0 aliphatic rings. The summed E-state index contributed by atoms with van der Waals surface area (Å²) in [6.45, 7) is 2.05. The number of methoxy groups -OCH3 is 1. The molecule has 118 valence electrons. The molecule has 1 aromatic heterocycles. The molecule has 5 nitrogen and oxygen atoms in total. The zero-order valence-corrected chi connectivity index (χ0v) is 13.3. The predicted molar refractivity (Wildman–Crippen MR) is 83.1 cm³/mol. The van der Waals surface area contributed by atoms with Crippen molar-refractivity contribution in [1.29, 1.82) is 5.26 Å². The second-order valence-corrected chi connectivity index (χ2v) is 5.09. The van der Waals surface area contributed by atoms with Crippen LogP contribution in [-0.2, 0) is 16.1 Å². The van der Waals surface area contributed by atoms with Gasteiger partial charge in [-0.05, 0) is 30.7 Å². The minimum absolute atomic E-state index is 0.168. The van der Waals surface area contributed by atoms with Crippen LogP contribution in [-0.4, -0.2) is 22.9 Å². The van der Waals surface area contributed by atoms with Crippen LogP contribution in [0, 0.1) is 24.1 Å². The van der Waals surface area contributed by atoms with Crippen molar-refractivity contribution in [2.75, 3.05) is 7.11 Å². The summed E-state index contributed by atoms with van der Waals surface area (Å²) in [5, 5.41) is 13.6. The van der Waals surface area contributed by atoms with Gasteiger partial charge in [0.1, 0.15) is 22.6 Å². The lowest BCUT2D eigenvalue weighted by atomic mass is 10.1. The molecule has 23 heavy (non-hydrogen) atoms. The largest absolute Gasteiger partial charge is 0.465 e. The van der Waals surface area contributed by atoms with Gasteiger partial charge < -0.3 is 4.74 Å². The first-order valence-corrected chi connectivity index (χ1v) is 7.01. The molecule has 0 saturated carbocycles. The van der Waals surface area contributed by atoms with Gasteiger partial charge in [-0.1, -0.05) is 23.7 Å². The molecule has 7 heteroatoms. The van der Waals surface area contributed by atoms with Gasteiger partial charge in [0.2, 0.25) is 0 Å². The Morgan fingerprint density at radius 1 is 1.48 bits per heavy atom. The highest BCUT2D eigenvalue weighted by Crippen LogP contribution is 2.24. The number of nitrogens with zero attached hydrogens (tertiary/aromatic N) is 3. The van der Waals surface area contributed by atoms with E-state index in [0.29, 0.717) is 17.8 Å². The molecule has 0 spiro atoms. The second-order valence-electron chi connectivity index (χ2n) is 4.74. The molecule has 0 bridgehead atoms. The Labute approximate surface area is 137 Å². The lowest BCUT2D eigenvalue weighted by Gasteiger charge is -2.03. The number of nitriles is 1. The van der Waals surface area contributed by atoms with E-state index in [0.717, 1.165) is 5.56 Å². The van der Waals surface area contributed by atoms with Crippen molar-refractivity contribution < 1.29 is 13.9 Å².